The molecule has 1 unspecified atom stereocenters. The number of amides is 1. The van der Waals surface area contributed by atoms with Gasteiger partial charge in [0.2, 0.25) is 0 Å². The summed E-state index contributed by atoms with van der Waals surface area (Å²) in [4.78, 5) is 24.6. The molecule has 0 aliphatic rings. The van der Waals surface area contributed by atoms with Gasteiger partial charge in [0.05, 0.1) is 7.05 Å². The normalized spacial score (nSPS) is 13.4. The summed E-state index contributed by atoms with van der Waals surface area (Å²) in [5.74, 6) is 1.68. The minimum Gasteiger partial charge on any atom is -0.460 e. The molecule has 0 bridgehead atoms. The van der Waals surface area contributed by atoms with Crippen LogP contribution in [0.2, 0.25) is 0 Å². The molecule has 0 fully saturated rings. The molecule has 5 heteroatoms. The van der Waals surface area contributed by atoms with Crippen LogP contribution in [0.3, 0.4) is 0 Å². The predicted molar refractivity (Wildman–Crippen MR) is 88.6 cm³/mol. The molecule has 0 saturated heterocycles. The second kappa shape index (κ2) is 7.24. The van der Waals surface area contributed by atoms with Crippen molar-refractivity contribution in [2.24, 2.45) is 0 Å². The fourth-order valence-corrected chi connectivity index (χ4v) is 2.27. The van der Waals surface area contributed by atoms with E-state index in [2.05, 4.69) is 5.32 Å². The third-order valence-corrected chi connectivity index (χ3v) is 3.94. The van der Waals surface area contributed by atoms with Crippen molar-refractivity contribution in [2.75, 3.05) is 12.4 Å². The van der Waals surface area contributed by atoms with Crippen molar-refractivity contribution in [2.45, 2.75) is 33.4 Å². The summed E-state index contributed by atoms with van der Waals surface area (Å²) in [6.45, 7) is 5.94. The molecule has 23 heavy (non-hydrogen) atoms. The Morgan fingerprint density at radius 1 is 1.17 bits per heavy atom. The van der Waals surface area contributed by atoms with Crippen molar-refractivity contribution in [3.63, 3.8) is 0 Å². The molecular formula is C18H23N2O3+. The highest BCUT2D eigenvalue weighted by molar-refractivity contribution is 5.96. The summed E-state index contributed by atoms with van der Waals surface area (Å²) in [5.41, 5.74) is 1.32. The van der Waals surface area contributed by atoms with Crippen LogP contribution < -0.4 is 10.2 Å². The Bertz CT molecular complexity index is 689. The van der Waals surface area contributed by atoms with Gasteiger partial charge in [-0.1, -0.05) is 0 Å². The van der Waals surface area contributed by atoms with E-state index in [0.29, 0.717) is 17.8 Å². The van der Waals surface area contributed by atoms with Gasteiger partial charge in [0, 0.05) is 11.3 Å². The van der Waals surface area contributed by atoms with Crippen molar-refractivity contribution in [1.29, 1.82) is 0 Å². The fourth-order valence-electron chi connectivity index (χ4n) is 2.27. The zero-order chi connectivity index (χ0) is 17.0. The maximum absolute atomic E-state index is 12.3. The first-order valence-electron chi connectivity index (χ1n) is 7.66. The Hall–Kier alpha value is -2.40. The summed E-state index contributed by atoms with van der Waals surface area (Å²) in [7, 11) is 1.96. The van der Waals surface area contributed by atoms with Crippen molar-refractivity contribution < 1.29 is 18.9 Å². The topological polar surface area (TPSA) is 63.8 Å². The number of carbonyl (C=O) groups excluding carboxylic acids is 2. The van der Waals surface area contributed by atoms with E-state index in [1.807, 2.05) is 33.0 Å². The molecule has 1 heterocycles. The van der Waals surface area contributed by atoms with Crippen LogP contribution >= 0.6 is 0 Å². The number of furan rings is 1. The average Bonchev–Trinajstić information content (AvgIpc) is 2.92. The fraction of sp³-hybridized carbons (Fsp3) is 0.333. The molecule has 0 aliphatic heterocycles. The Kier molecular flexibility index (Phi) is 5.34. The number of Topliss-reactive ketones (excluding diaryl/α,β-unsaturated/α-hetero) is 1. The summed E-state index contributed by atoms with van der Waals surface area (Å²) < 4.78 is 5.55. The summed E-state index contributed by atoms with van der Waals surface area (Å²) in [6, 6.07) is 10.5. The van der Waals surface area contributed by atoms with Gasteiger partial charge in [-0.2, -0.15) is 0 Å². The van der Waals surface area contributed by atoms with Crippen LogP contribution in [0.4, 0.5) is 5.69 Å². The standard InChI is InChI=1S/C18H22N2O3/c1-12-5-10-17(23-12)11-20(4)13(2)18(22)19-16-8-6-15(7-9-16)14(3)21/h5-10,13H,11H2,1-4H3,(H,19,22)/p+1/t13-/m0/s1. The van der Waals surface area contributed by atoms with Crippen LogP contribution in [0.1, 0.15) is 35.7 Å². The van der Waals surface area contributed by atoms with E-state index in [1.165, 1.54) is 6.92 Å². The van der Waals surface area contributed by atoms with Crippen molar-refractivity contribution in [3.8, 4) is 0 Å². The van der Waals surface area contributed by atoms with Crippen LogP contribution in [-0.2, 0) is 11.3 Å². The third kappa shape index (κ3) is 4.53. The van der Waals surface area contributed by atoms with Crippen molar-refractivity contribution >= 4 is 17.4 Å². The minimum absolute atomic E-state index is 0.00848. The van der Waals surface area contributed by atoms with E-state index in [0.717, 1.165) is 16.4 Å². The molecule has 122 valence electrons. The Labute approximate surface area is 136 Å². The lowest BCUT2D eigenvalue weighted by molar-refractivity contribution is -0.908. The smallest absolute Gasteiger partial charge is 0.282 e. The number of hydrogen-bond acceptors (Lipinski definition) is 3. The number of carbonyl (C=O) groups is 2. The van der Waals surface area contributed by atoms with Gasteiger partial charge in [-0.05, 0) is 57.2 Å². The van der Waals surface area contributed by atoms with Gasteiger partial charge in [-0.25, -0.2) is 0 Å². The highest BCUT2D eigenvalue weighted by Crippen LogP contribution is 2.10. The largest absolute Gasteiger partial charge is 0.460 e. The van der Waals surface area contributed by atoms with Gasteiger partial charge in [0.1, 0.15) is 12.3 Å². The average molecular weight is 315 g/mol. The second-order valence-electron chi connectivity index (χ2n) is 5.88. The Balaban J connectivity index is 1.94. The molecule has 0 saturated carbocycles. The summed E-state index contributed by atoms with van der Waals surface area (Å²) >= 11 is 0. The van der Waals surface area contributed by atoms with Crippen LogP contribution in [0.5, 0.6) is 0 Å². The third-order valence-electron chi connectivity index (χ3n) is 3.94. The molecule has 0 spiro atoms. The first-order chi connectivity index (χ1) is 10.9. The number of nitrogens with one attached hydrogen (secondary N) is 2. The predicted octanol–water partition coefficient (Wildman–Crippen LogP) is 1.83. The molecule has 1 amide bonds. The number of likely N-dealkylation sites (N-methyl/N-ethyl adjacent to an activating group) is 1. The first kappa shape index (κ1) is 17.0. The molecular weight excluding hydrogens is 292 g/mol. The Morgan fingerprint density at radius 3 is 2.35 bits per heavy atom. The monoisotopic (exact) mass is 315 g/mol. The zero-order valence-electron chi connectivity index (χ0n) is 14.0. The van der Waals surface area contributed by atoms with E-state index in [-0.39, 0.29) is 17.7 Å². The van der Waals surface area contributed by atoms with Gasteiger partial charge >= 0.3 is 0 Å². The van der Waals surface area contributed by atoms with E-state index >= 15 is 0 Å². The highest BCUT2D eigenvalue weighted by atomic mass is 16.3. The number of hydrogen-bond donors (Lipinski definition) is 2. The van der Waals surface area contributed by atoms with Crippen LogP contribution in [-0.4, -0.2) is 24.8 Å². The maximum Gasteiger partial charge on any atom is 0.282 e. The lowest BCUT2D eigenvalue weighted by atomic mass is 10.1. The lowest BCUT2D eigenvalue weighted by Gasteiger charge is -2.20. The molecule has 1 aromatic carbocycles. The number of aryl methyl sites for hydroxylation is 1. The second-order valence-corrected chi connectivity index (χ2v) is 5.88. The summed E-state index contributed by atoms with van der Waals surface area (Å²) in [6.07, 6.45) is 0. The number of quaternary nitrogens is 1. The first-order valence-corrected chi connectivity index (χ1v) is 7.66. The van der Waals surface area contributed by atoms with Crippen LogP contribution in [0.25, 0.3) is 0 Å². The minimum atomic E-state index is -0.229. The van der Waals surface area contributed by atoms with E-state index in [9.17, 15) is 9.59 Å². The lowest BCUT2D eigenvalue weighted by Crippen LogP contribution is -3.12. The number of ketones is 1. The zero-order valence-corrected chi connectivity index (χ0v) is 14.0. The quantitative estimate of drug-likeness (QED) is 0.800. The number of benzene rings is 1. The van der Waals surface area contributed by atoms with Crippen molar-refractivity contribution in [3.05, 3.63) is 53.5 Å². The molecule has 0 aliphatic carbocycles. The molecule has 2 rings (SSSR count). The summed E-state index contributed by atoms with van der Waals surface area (Å²) in [5, 5.41) is 2.88. The highest BCUT2D eigenvalue weighted by Gasteiger charge is 2.23. The molecule has 2 atom stereocenters. The van der Waals surface area contributed by atoms with Crippen LogP contribution in [0.15, 0.2) is 40.8 Å². The van der Waals surface area contributed by atoms with Gasteiger partial charge in [0.15, 0.2) is 17.6 Å². The van der Waals surface area contributed by atoms with Gasteiger partial charge in [0.25, 0.3) is 5.91 Å². The Morgan fingerprint density at radius 2 is 1.83 bits per heavy atom. The molecule has 5 nitrogen and oxygen atoms in total. The van der Waals surface area contributed by atoms with E-state index < -0.39 is 0 Å². The number of anilines is 1. The van der Waals surface area contributed by atoms with Crippen molar-refractivity contribution in [1.82, 2.24) is 0 Å². The van der Waals surface area contributed by atoms with Gasteiger partial charge in [-0.3, -0.25) is 9.59 Å². The molecule has 2 N–H and O–H groups in total. The van der Waals surface area contributed by atoms with Crippen LogP contribution in [0, 0.1) is 6.92 Å². The molecule has 2 aromatic rings. The van der Waals surface area contributed by atoms with E-state index in [4.69, 9.17) is 4.42 Å². The van der Waals surface area contributed by atoms with Gasteiger partial charge < -0.3 is 14.6 Å². The number of rotatable bonds is 6. The van der Waals surface area contributed by atoms with Gasteiger partial charge in [-0.15, -0.1) is 0 Å². The SMILES string of the molecule is CC(=O)c1ccc(NC(=O)[C@H](C)[NH+](C)Cc2ccc(C)o2)cc1. The molecule has 0 radical (unpaired) electrons. The van der Waals surface area contributed by atoms with E-state index in [1.54, 1.807) is 24.3 Å². The molecule has 1 aromatic heterocycles. The maximum atomic E-state index is 12.3.